The molecule has 3 aromatic heterocycles. The van der Waals surface area contributed by atoms with Crippen molar-refractivity contribution >= 4 is 10.9 Å². The van der Waals surface area contributed by atoms with Crippen LogP contribution in [-0.2, 0) is 14.1 Å². The van der Waals surface area contributed by atoms with Gasteiger partial charge < -0.3 is 18.9 Å². The Hall–Kier alpha value is -3.35. The minimum absolute atomic E-state index is 0.152. The topological polar surface area (TPSA) is 69.0 Å². The Labute approximate surface area is 166 Å². The summed E-state index contributed by atoms with van der Waals surface area (Å²) < 4.78 is 23.0. The van der Waals surface area contributed by atoms with Crippen LogP contribution in [0.4, 0.5) is 4.39 Å². The molecule has 2 unspecified atom stereocenters. The third kappa shape index (κ3) is 3.22. The van der Waals surface area contributed by atoms with Crippen LogP contribution in [0.2, 0.25) is 0 Å². The van der Waals surface area contributed by atoms with Gasteiger partial charge in [0.2, 0.25) is 0 Å². The maximum absolute atomic E-state index is 13.7. The van der Waals surface area contributed by atoms with Crippen molar-refractivity contribution < 1.29 is 9.13 Å². The summed E-state index contributed by atoms with van der Waals surface area (Å²) in [5, 5.41) is 0.709. The van der Waals surface area contributed by atoms with Crippen LogP contribution in [0.5, 0.6) is 5.75 Å². The second-order valence-corrected chi connectivity index (χ2v) is 7.56. The van der Waals surface area contributed by atoms with E-state index < -0.39 is 0 Å². The first-order valence-corrected chi connectivity index (χ1v) is 9.36. The Morgan fingerprint density at radius 1 is 1.14 bits per heavy atom. The smallest absolute Gasteiger partial charge is 0.274 e. The number of hydrogen-bond donors (Lipinski definition) is 1. The lowest BCUT2D eigenvalue weighted by molar-refractivity contribution is 0.194. The van der Waals surface area contributed by atoms with Crippen LogP contribution in [-0.4, -0.2) is 20.2 Å². The van der Waals surface area contributed by atoms with Gasteiger partial charge in [-0.15, -0.1) is 0 Å². The van der Waals surface area contributed by atoms with Crippen molar-refractivity contribution in [2.45, 2.75) is 20.0 Å². The molecule has 29 heavy (non-hydrogen) atoms. The van der Waals surface area contributed by atoms with Crippen molar-refractivity contribution in [3.63, 3.8) is 0 Å². The Kier molecular flexibility index (Phi) is 4.53. The van der Waals surface area contributed by atoms with E-state index in [1.165, 1.54) is 27.4 Å². The third-order valence-corrected chi connectivity index (χ3v) is 5.34. The van der Waals surface area contributed by atoms with E-state index in [0.29, 0.717) is 27.8 Å². The van der Waals surface area contributed by atoms with E-state index in [-0.39, 0.29) is 29.0 Å². The predicted octanol–water partition coefficient (Wildman–Crippen LogP) is 3.43. The molecule has 1 aliphatic carbocycles. The van der Waals surface area contributed by atoms with Crippen LogP contribution in [0, 0.1) is 5.92 Å². The van der Waals surface area contributed by atoms with Gasteiger partial charge in [0.1, 0.15) is 23.2 Å². The Morgan fingerprint density at radius 2 is 1.90 bits per heavy atom. The van der Waals surface area contributed by atoms with Gasteiger partial charge in [0.05, 0.1) is 0 Å². The summed E-state index contributed by atoms with van der Waals surface area (Å²) in [6.07, 6.45) is 7.65. The van der Waals surface area contributed by atoms with E-state index >= 15 is 0 Å². The van der Waals surface area contributed by atoms with E-state index in [4.69, 9.17) is 4.74 Å². The number of aryl methyl sites for hydroxylation is 2. The highest BCUT2D eigenvalue weighted by Gasteiger charge is 2.26. The second-order valence-electron chi connectivity index (χ2n) is 7.56. The van der Waals surface area contributed by atoms with Gasteiger partial charge in [-0.25, -0.2) is 4.39 Å². The monoisotopic (exact) mass is 395 g/mol. The third-order valence-electron chi connectivity index (χ3n) is 5.34. The molecule has 150 valence electrons. The van der Waals surface area contributed by atoms with Gasteiger partial charge in [-0.1, -0.05) is 6.92 Å². The molecule has 0 bridgehead atoms. The van der Waals surface area contributed by atoms with Gasteiger partial charge in [-0.05, 0) is 30.7 Å². The Bertz CT molecular complexity index is 1290. The van der Waals surface area contributed by atoms with Crippen molar-refractivity contribution in [3.8, 4) is 16.9 Å². The standard InChI is InChI=1S/C22H22FN3O3/c1-12-7-14(23)8-13(2)21(12)29-18-11-25(3)19(27)9-16(18)17-10-26(4)22(28)20-15(17)5-6-24-20/h5-12,21,24H,1-4H3. The number of hydrogen-bond acceptors (Lipinski definition) is 3. The SMILES string of the molecule is CC1=CC(F)=CC(C)C1Oc1cn(C)c(=O)cc1-c1cn(C)c(=O)c2[nH]ccc12. The molecule has 0 aliphatic heterocycles. The van der Waals surface area contributed by atoms with Crippen molar-refractivity contribution in [3.05, 3.63) is 75.0 Å². The number of nitrogens with one attached hydrogen (secondary N) is 1. The van der Waals surface area contributed by atoms with Crippen molar-refractivity contribution in [2.75, 3.05) is 0 Å². The molecule has 3 heterocycles. The van der Waals surface area contributed by atoms with Crippen LogP contribution in [0.1, 0.15) is 13.8 Å². The number of aromatic amines is 1. The quantitative estimate of drug-likeness (QED) is 0.739. The predicted molar refractivity (Wildman–Crippen MR) is 111 cm³/mol. The lowest BCUT2D eigenvalue weighted by atomic mass is 9.92. The van der Waals surface area contributed by atoms with Gasteiger partial charge in [-0.3, -0.25) is 9.59 Å². The number of fused-ring (bicyclic) bond motifs is 1. The molecule has 2 atom stereocenters. The summed E-state index contributed by atoms with van der Waals surface area (Å²) in [5.74, 6) is 0.0497. The second kappa shape index (κ2) is 6.92. The van der Waals surface area contributed by atoms with E-state index in [0.717, 1.165) is 5.57 Å². The molecule has 4 rings (SSSR count). The van der Waals surface area contributed by atoms with Gasteiger partial charge in [-0.2, -0.15) is 0 Å². The summed E-state index contributed by atoms with van der Waals surface area (Å²) in [7, 11) is 3.32. The molecule has 1 aliphatic rings. The van der Waals surface area contributed by atoms with Crippen LogP contribution in [0.15, 0.2) is 63.9 Å². The first kappa shape index (κ1) is 19.0. The molecule has 0 aromatic carbocycles. The van der Waals surface area contributed by atoms with Crippen LogP contribution >= 0.6 is 0 Å². The highest BCUT2D eigenvalue weighted by atomic mass is 19.1. The maximum atomic E-state index is 13.7. The largest absolute Gasteiger partial charge is 0.483 e. The number of rotatable bonds is 3. The van der Waals surface area contributed by atoms with E-state index in [2.05, 4.69) is 4.98 Å². The fraction of sp³-hybridized carbons (Fsp3) is 0.273. The average molecular weight is 395 g/mol. The number of nitrogens with zero attached hydrogens (tertiary/aromatic N) is 2. The molecule has 0 spiro atoms. The summed E-state index contributed by atoms with van der Waals surface area (Å²) >= 11 is 0. The molecule has 0 saturated heterocycles. The number of aromatic nitrogens is 3. The Balaban J connectivity index is 1.91. The number of H-pyrrole nitrogens is 1. The molecule has 0 amide bonds. The Morgan fingerprint density at radius 3 is 2.62 bits per heavy atom. The molecule has 3 aromatic rings. The minimum Gasteiger partial charge on any atom is -0.483 e. The van der Waals surface area contributed by atoms with Crippen LogP contribution < -0.4 is 15.9 Å². The molecule has 0 saturated carbocycles. The minimum atomic E-state index is -0.361. The number of allylic oxidation sites excluding steroid dienone is 2. The zero-order valence-electron chi connectivity index (χ0n) is 16.7. The molecular weight excluding hydrogens is 373 g/mol. The summed E-state index contributed by atoms with van der Waals surface area (Å²) in [6.45, 7) is 3.71. The molecule has 0 radical (unpaired) electrons. The summed E-state index contributed by atoms with van der Waals surface area (Å²) in [5.41, 5.74) is 2.18. The molecule has 6 nitrogen and oxygen atoms in total. The zero-order chi connectivity index (χ0) is 20.9. The number of ether oxygens (including phenoxy) is 1. The summed E-state index contributed by atoms with van der Waals surface area (Å²) in [6, 6.07) is 3.31. The normalized spacial score (nSPS) is 19.2. The molecule has 1 N–H and O–H groups in total. The van der Waals surface area contributed by atoms with Gasteiger partial charge in [0, 0.05) is 61.2 Å². The number of pyridine rings is 2. The van der Waals surface area contributed by atoms with Crippen LogP contribution in [0.3, 0.4) is 0 Å². The maximum Gasteiger partial charge on any atom is 0.274 e. The molecular formula is C22H22FN3O3. The fourth-order valence-corrected chi connectivity index (χ4v) is 3.83. The van der Waals surface area contributed by atoms with Crippen molar-refractivity contribution in [2.24, 2.45) is 20.0 Å². The van der Waals surface area contributed by atoms with Gasteiger partial charge >= 0.3 is 0 Å². The number of halogens is 1. The molecule has 7 heteroatoms. The first-order valence-electron chi connectivity index (χ1n) is 9.36. The highest BCUT2D eigenvalue weighted by Crippen LogP contribution is 2.36. The van der Waals surface area contributed by atoms with Gasteiger partial charge in [0.25, 0.3) is 11.1 Å². The molecule has 0 fully saturated rings. The van der Waals surface area contributed by atoms with Crippen LogP contribution in [0.25, 0.3) is 22.0 Å². The van der Waals surface area contributed by atoms with Gasteiger partial charge in [0.15, 0.2) is 0 Å². The van der Waals surface area contributed by atoms with Crippen molar-refractivity contribution in [1.82, 2.24) is 14.1 Å². The van der Waals surface area contributed by atoms with E-state index in [1.807, 2.05) is 13.8 Å². The fourth-order valence-electron chi connectivity index (χ4n) is 3.83. The van der Waals surface area contributed by atoms with E-state index in [9.17, 15) is 14.0 Å². The zero-order valence-corrected chi connectivity index (χ0v) is 16.7. The van der Waals surface area contributed by atoms with Crippen molar-refractivity contribution in [1.29, 1.82) is 0 Å². The average Bonchev–Trinajstić information content (AvgIpc) is 3.14. The lowest BCUT2D eigenvalue weighted by Gasteiger charge is -2.28. The summed E-state index contributed by atoms with van der Waals surface area (Å²) in [4.78, 5) is 27.8. The lowest BCUT2D eigenvalue weighted by Crippen LogP contribution is -2.28. The van der Waals surface area contributed by atoms with E-state index in [1.54, 1.807) is 38.8 Å². The highest BCUT2D eigenvalue weighted by molar-refractivity contribution is 5.95. The first-order chi connectivity index (χ1) is 13.8.